The number of aryl methyl sites for hydroxylation is 1. The Morgan fingerprint density at radius 3 is 2.58 bits per heavy atom. The summed E-state index contributed by atoms with van der Waals surface area (Å²) in [6.07, 6.45) is 3.46. The summed E-state index contributed by atoms with van der Waals surface area (Å²) in [4.78, 5) is 16.3. The van der Waals surface area contributed by atoms with Gasteiger partial charge in [-0.1, -0.05) is 24.3 Å². The van der Waals surface area contributed by atoms with Crippen LogP contribution in [-0.2, 0) is 6.54 Å². The number of Topliss-reactive ketones (excluding diaryl/α,β-unsaturated/α-hetero) is 1. The van der Waals surface area contributed by atoms with E-state index in [-0.39, 0.29) is 18.1 Å². The Balaban J connectivity index is 1.78. The van der Waals surface area contributed by atoms with Gasteiger partial charge in [-0.2, -0.15) is 10.4 Å². The molecule has 2 aromatic carbocycles. The zero-order chi connectivity index (χ0) is 22.0. The van der Waals surface area contributed by atoms with E-state index in [1.165, 1.54) is 0 Å². The van der Waals surface area contributed by atoms with Crippen LogP contribution in [0.4, 0.5) is 0 Å². The van der Waals surface area contributed by atoms with Gasteiger partial charge >= 0.3 is 0 Å². The van der Waals surface area contributed by atoms with Crippen molar-refractivity contribution in [3.8, 4) is 45.5 Å². The number of carbonyl (C=O) groups excluding carboxylic acids is 1. The molecule has 6 heteroatoms. The number of rotatable bonds is 5. The van der Waals surface area contributed by atoms with Crippen molar-refractivity contribution in [2.45, 2.75) is 20.4 Å². The van der Waals surface area contributed by atoms with E-state index < -0.39 is 0 Å². The van der Waals surface area contributed by atoms with Crippen LogP contribution in [0.15, 0.2) is 67.0 Å². The average molecular weight is 408 g/mol. The lowest BCUT2D eigenvalue weighted by molar-refractivity contribution is 0.101. The molecule has 0 amide bonds. The first-order valence-electron chi connectivity index (χ1n) is 9.78. The fourth-order valence-electron chi connectivity index (χ4n) is 3.61. The van der Waals surface area contributed by atoms with Crippen molar-refractivity contribution < 1.29 is 9.90 Å². The number of nitrogens with zero attached hydrogens (tertiary/aromatic N) is 4. The minimum Gasteiger partial charge on any atom is -0.508 e. The molecule has 0 bridgehead atoms. The van der Waals surface area contributed by atoms with Crippen molar-refractivity contribution in [3.63, 3.8) is 0 Å². The predicted octanol–water partition coefficient (Wildman–Crippen LogP) is 5.02. The zero-order valence-corrected chi connectivity index (χ0v) is 17.2. The van der Waals surface area contributed by atoms with Gasteiger partial charge in [0.05, 0.1) is 23.7 Å². The maximum absolute atomic E-state index is 11.7. The third-order valence-electron chi connectivity index (χ3n) is 5.03. The number of carbonyl (C=O) groups is 1. The van der Waals surface area contributed by atoms with Crippen LogP contribution >= 0.6 is 0 Å². The van der Waals surface area contributed by atoms with Crippen molar-refractivity contribution in [2.75, 3.05) is 0 Å². The van der Waals surface area contributed by atoms with Gasteiger partial charge in [0.15, 0.2) is 5.78 Å². The second kappa shape index (κ2) is 8.25. The monoisotopic (exact) mass is 408 g/mol. The third kappa shape index (κ3) is 4.07. The molecular weight excluding hydrogens is 388 g/mol. The minimum absolute atomic E-state index is 0.00873. The van der Waals surface area contributed by atoms with E-state index in [1.54, 1.807) is 42.2 Å². The summed E-state index contributed by atoms with van der Waals surface area (Å²) in [6.45, 7) is 3.53. The molecule has 0 aliphatic carbocycles. The van der Waals surface area contributed by atoms with Gasteiger partial charge in [0, 0.05) is 34.0 Å². The Morgan fingerprint density at radius 2 is 1.90 bits per heavy atom. The van der Waals surface area contributed by atoms with E-state index in [2.05, 4.69) is 16.2 Å². The van der Waals surface area contributed by atoms with Gasteiger partial charge in [0.25, 0.3) is 0 Å². The number of aromatic hydroxyl groups is 1. The Labute approximate surface area is 180 Å². The number of phenols is 1. The van der Waals surface area contributed by atoms with Crippen LogP contribution in [-0.4, -0.2) is 25.7 Å². The average Bonchev–Trinajstić information content (AvgIpc) is 3.17. The lowest BCUT2D eigenvalue weighted by atomic mass is 10.00. The smallest absolute Gasteiger partial charge is 0.159 e. The van der Waals surface area contributed by atoms with E-state index in [1.807, 2.05) is 43.3 Å². The topological polar surface area (TPSA) is 91.8 Å². The summed E-state index contributed by atoms with van der Waals surface area (Å²) in [5.41, 5.74) is 6.34. The molecule has 0 atom stereocenters. The van der Waals surface area contributed by atoms with Crippen molar-refractivity contribution in [3.05, 3.63) is 78.1 Å². The van der Waals surface area contributed by atoms with E-state index in [4.69, 9.17) is 0 Å². The maximum atomic E-state index is 11.7. The molecule has 0 aliphatic rings. The molecule has 0 fully saturated rings. The molecule has 2 heterocycles. The van der Waals surface area contributed by atoms with Gasteiger partial charge in [0.1, 0.15) is 12.3 Å². The van der Waals surface area contributed by atoms with Gasteiger partial charge in [-0.25, -0.2) is 0 Å². The lowest BCUT2D eigenvalue weighted by Crippen LogP contribution is -2.01. The van der Waals surface area contributed by atoms with Gasteiger partial charge in [-0.05, 0) is 49.7 Å². The molecule has 31 heavy (non-hydrogen) atoms. The molecule has 0 saturated heterocycles. The van der Waals surface area contributed by atoms with Crippen LogP contribution in [0.3, 0.4) is 0 Å². The first-order valence-corrected chi connectivity index (χ1v) is 9.78. The fourth-order valence-corrected chi connectivity index (χ4v) is 3.61. The first kappa shape index (κ1) is 20.0. The molecular formula is C25H20N4O2. The predicted molar refractivity (Wildman–Crippen MR) is 118 cm³/mol. The standard InChI is InChI=1S/C25H20N4O2/c1-16-10-21(13-22(31)11-16)25-23(15-28-29(25)9-8-26)20-6-7-24(27-14-20)19-5-3-4-18(12-19)17(2)30/h3-7,10-15,31H,9H2,1-2H3. The van der Waals surface area contributed by atoms with Gasteiger partial charge in [-0.3, -0.25) is 14.5 Å². The largest absolute Gasteiger partial charge is 0.508 e. The molecule has 0 unspecified atom stereocenters. The molecule has 6 nitrogen and oxygen atoms in total. The number of aromatic nitrogens is 3. The van der Waals surface area contributed by atoms with Gasteiger partial charge in [0.2, 0.25) is 0 Å². The molecule has 4 aromatic rings. The summed E-state index contributed by atoms with van der Waals surface area (Å²) in [5.74, 6) is 0.166. The normalized spacial score (nSPS) is 10.6. The van der Waals surface area contributed by atoms with E-state index in [9.17, 15) is 15.2 Å². The lowest BCUT2D eigenvalue weighted by Gasteiger charge is -2.10. The van der Waals surface area contributed by atoms with Crippen LogP contribution in [0.2, 0.25) is 0 Å². The molecule has 152 valence electrons. The molecule has 0 aliphatic heterocycles. The van der Waals surface area contributed by atoms with Crippen molar-refractivity contribution in [1.29, 1.82) is 5.26 Å². The van der Waals surface area contributed by atoms with Crippen LogP contribution in [0.1, 0.15) is 22.8 Å². The second-order valence-electron chi connectivity index (χ2n) is 7.35. The molecule has 4 rings (SSSR count). The van der Waals surface area contributed by atoms with Crippen molar-refractivity contribution >= 4 is 5.78 Å². The highest BCUT2D eigenvalue weighted by atomic mass is 16.3. The summed E-state index contributed by atoms with van der Waals surface area (Å²) in [5, 5.41) is 23.7. The molecule has 0 saturated carbocycles. The highest BCUT2D eigenvalue weighted by Gasteiger charge is 2.16. The van der Waals surface area contributed by atoms with Crippen LogP contribution in [0.5, 0.6) is 5.75 Å². The number of ketones is 1. The van der Waals surface area contributed by atoms with Gasteiger partial charge in [-0.15, -0.1) is 0 Å². The maximum Gasteiger partial charge on any atom is 0.159 e. The van der Waals surface area contributed by atoms with Crippen LogP contribution in [0.25, 0.3) is 33.6 Å². The summed E-state index contributed by atoms with van der Waals surface area (Å²) in [7, 11) is 0. The van der Waals surface area contributed by atoms with Crippen molar-refractivity contribution in [1.82, 2.24) is 14.8 Å². The van der Waals surface area contributed by atoms with E-state index in [0.29, 0.717) is 5.56 Å². The summed E-state index contributed by atoms with van der Waals surface area (Å²) < 4.78 is 1.62. The Bertz CT molecular complexity index is 1290. The summed E-state index contributed by atoms with van der Waals surface area (Å²) in [6, 6.07) is 18.6. The molecule has 0 radical (unpaired) electrons. The van der Waals surface area contributed by atoms with E-state index in [0.717, 1.165) is 39.2 Å². The Kier molecular flexibility index (Phi) is 5.33. The second-order valence-corrected chi connectivity index (χ2v) is 7.35. The minimum atomic E-state index is 0.00873. The molecule has 1 N–H and O–H groups in total. The number of pyridine rings is 1. The quantitative estimate of drug-likeness (QED) is 0.468. The molecule has 0 spiro atoms. The van der Waals surface area contributed by atoms with Crippen LogP contribution in [0, 0.1) is 18.3 Å². The number of phenolic OH excluding ortho intramolecular Hbond substituents is 1. The fraction of sp³-hybridized carbons (Fsp3) is 0.120. The molecule has 2 aromatic heterocycles. The highest BCUT2D eigenvalue weighted by molar-refractivity contribution is 5.95. The number of hydrogen-bond acceptors (Lipinski definition) is 5. The SMILES string of the molecule is CC(=O)c1cccc(-c2ccc(-c3cnn(CC#N)c3-c3cc(C)cc(O)c3)cn2)c1. The van der Waals surface area contributed by atoms with Gasteiger partial charge < -0.3 is 5.11 Å². The summed E-state index contributed by atoms with van der Waals surface area (Å²) >= 11 is 0. The van der Waals surface area contributed by atoms with Crippen LogP contribution < -0.4 is 0 Å². The Hall–Kier alpha value is -4.24. The third-order valence-corrected chi connectivity index (χ3v) is 5.03. The number of benzene rings is 2. The highest BCUT2D eigenvalue weighted by Crippen LogP contribution is 2.34. The Morgan fingerprint density at radius 1 is 1.06 bits per heavy atom. The number of nitriles is 1. The van der Waals surface area contributed by atoms with E-state index >= 15 is 0 Å². The van der Waals surface area contributed by atoms with Crippen molar-refractivity contribution in [2.24, 2.45) is 0 Å². The zero-order valence-electron chi connectivity index (χ0n) is 17.2. The number of hydrogen-bond donors (Lipinski definition) is 1. The first-order chi connectivity index (χ1) is 15.0.